The second-order valence-electron chi connectivity index (χ2n) is 6.91. The van der Waals surface area contributed by atoms with E-state index < -0.39 is 0 Å². The zero-order valence-corrected chi connectivity index (χ0v) is 17.1. The van der Waals surface area contributed by atoms with Crippen LogP contribution in [-0.4, -0.2) is 33.4 Å². The predicted octanol–water partition coefficient (Wildman–Crippen LogP) is 2.58. The van der Waals surface area contributed by atoms with Crippen LogP contribution in [0.3, 0.4) is 0 Å². The van der Waals surface area contributed by atoms with Crippen molar-refractivity contribution in [1.82, 2.24) is 25.0 Å². The molecule has 150 valence electrons. The second-order valence-corrected chi connectivity index (χ2v) is 6.91. The van der Waals surface area contributed by atoms with Crippen molar-refractivity contribution in [2.24, 2.45) is 5.92 Å². The number of hydrogen-bond donors (Lipinski definition) is 2. The van der Waals surface area contributed by atoms with Crippen molar-refractivity contribution >= 4 is 36.4 Å². The molecule has 3 aromatic rings. The minimum absolute atomic E-state index is 0. The molecule has 2 N–H and O–H groups in total. The maximum absolute atomic E-state index is 12.2. The zero-order chi connectivity index (χ0) is 17.8. The summed E-state index contributed by atoms with van der Waals surface area (Å²) in [4.78, 5) is 20.7. The van der Waals surface area contributed by atoms with Gasteiger partial charge in [-0.3, -0.25) is 9.78 Å². The lowest BCUT2D eigenvalue weighted by Crippen LogP contribution is -2.24. The van der Waals surface area contributed by atoms with E-state index in [9.17, 15) is 4.79 Å². The van der Waals surface area contributed by atoms with Crippen molar-refractivity contribution < 1.29 is 4.79 Å². The van der Waals surface area contributed by atoms with Crippen LogP contribution in [0.25, 0.3) is 5.65 Å². The first-order chi connectivity index (χ1) is 12.8. The van der Waals surface area contributed by atoms with E-state index in [1.165, 1.54) is 12.0 Å². The van der Waals surface area contributed by atoms with Gasteiger partial charge in [0.05, 0.1) is 24.9 Å². The maximum atomic E-state index is 12.2. The molecule has 8 heteroatoms. The average molecular weight is 422 g/mol. The summed E-state index contributed by atoms with van der Waals surface area (Å²) in [5, 5.41) is 6.34. The van der Waals surface area contributed by atoms with Crippen molar-refractivity contribution in [3.8, 4) is 0 Å². The first-order valence-electron chi connectivity index (χ1n) is 9.09. The van der Waals surface area contributed by atoms with E-state index in [-0.39, 0.29) is 30.7 Å². The van der Waals surface area contributed by atoms with Crippen molar-refractivity contribution in [3.05, 3.63) is 65.9 Å². The predicted molar refractivity (Wildman–Crippen MR) is 114 cm³/mol. The van der Waals surface area contributed by atoms with Crippen LogP contribution in [0.4, 0.5) is 0 Å². The number of aromatic nitrogens is 3. The maximum Gasteiger partial charge on any atom is 0.224 e. The Kier molecular flexibility index (Phi) is 8.23. The molecule has 0 radical (unpaired) electrons. The van der Waals surface area contributed by atoms with E-state index in [1.54, 1.807) is 12.4 Å². The van der Waals surface area contributed by atoms with Crippen LogP contribution in [0.15, 0.2) is 49.1 Å². The Labute approximate surface area is 177 Å². The third-order valence-electron chi connectivity index (χ3n) is 4.86. The molecule has 1 saturated heterocycles. The molecule has 4 rings (SSSR count). The number of amides is 1. The van der Waals surface area contributed by atoms with Gasteiger partial charge in [-0.1, -0.05) is 24.3 Å². The van der Waals surface area contributed by atoms with Crippen molar-refractivity contribution in [1.29, 1.82) is 0 Å². The highest BCUT2D eigenvalue weighted by molar-refractivity contribution is 5.85. The van der Waals surface area contributed by atoms with Gasteiger partial charge in [0, 0.05) is 18.6 Å². The van der Waals surface area contributed by atoms with E-state index >= 15 is 0 Å². The molecule has 1 unspecified atom stereocenters. The van der Waals surface area contributed by atoms with Crippen LogP contribution in [-0.2, 0) is 24.2 Å². The van der Waals surface area contributed by atoms with Crippen molar-refractivity contribution in [3.63, 3.8) is 0 Å². The number of nitrogens with zero attached hydrogens (tertiary/aromatic N) is 3. The van der Waals surface area contributed by atoms with Crippen LogP contribution in [0, 0.1) is 5.92 Å². The molecule has 28 heavy (non-hydrogen) atoms. The van der Waals surface area contributed by atoms with Gasteiger partial charge in [-0.25, -0.2) is 4.98 Å². The number of rotatable bonds is 6. The molecule has 1 fully saturated rings. The SMILES string of the molecule is Cl.Cl.O=C(Cc1ccc(CC2CCNC2)cc1)NCc1cn2ccncc2n1. The number of imidazole rings is 1. The summed E-state index contributed by atoms with van der Waals surface area (Å²) in [5.74, 6) is 0.748. The number of carbonyl (C=O) groups excluding carboxylic acids is 1. The molecule has 1 amide bonds. The van der Waals surface area contributed by atoms with Gasteiger partial charge in [-0.05, 0) is 43.0 Å². The molecule has 0 spiro atoms. The first-order valence-corrected chi connectivity index (χ1v) is 9.09. The summed E-state index contributed by atoms with van der Waals surface area (Å²) < 4.78 is 1.90. The Bertz CT molecular complexity index is 858. The van der Waals surface area contributed by atoms with E-state index in [2.05, 4.69) is 44.9 Å². The molecule has 0 bridgehead atoms. The Balaban J connectivity index is 0.00000140. The molecule has 3 heterocycles. The van der Waals surface area contributed by atoms with Gasteiger partial charge < -0.3 is 15.0 Å². The van der Waals surface area contributed by atoms with Gasteiger partial charge in [-0.15, -0.1) is 24.8 Å². The normalized spacial score (nSPS) is 15.6. The van der Waals surface area contributed by atoms with Crippen molar-refractivity contribution in [2.75, 3.05) is 13.1 Å². The lowest BCUT2D eigenvalue weighted by atomic mass is 9.97. The highest BCUT2D eigenvalue weighted by Crippen LogP contribution is 2.16. The van der Waals surface area contributed by atoms with Crippen LogP contribution < -0.4 is 10.6 Å². The summed E-state index contributed by atoms with van der Waals surface area (Å²) in [6.45, 7) is 2.67. The number of nitrogens with one attached hydrogen (secondary N) is 2. The van der Waals surface area contributed by atoms with E-state index in [1.807, 2.05) is 16.8 Å². The third kappa shape index (κ3) is 5.67. The summed E-state index contributed by atoms with van der Waals surface area (Å²) in [6, 6.07) is 8.42. The first kappa shape index (κ1) is 22.1. The van der Waals surface area contributed by atoms with Crippen LogP contribution in [0.5, 0.6) is 0 Å². The highest BCUT2D eigenvalue weighted by Gasteiger charge is 2.14. The Morgan fingerprint density at radius 1 is 1.21 bits per heavy atom. The Morgan fingerprint density at radius 3 is 2.71 bits per heavy atom. The fourth-order valence-electron chi connectivity index (χ4n) is 3.43. The fourth-order valence-corrected chi connectivity index (χ4v) is 3.43. The molecule has 6 nitrogen and oxygen atoms in total. The zero-order valence-electron chi connectivity index (χ0n) is 15.5. The summed E-state index contributed by atoms with van der Waals surface area (Å²) in [7, 11) is 0. The summed E-state index contributed by atoms with van der Waals surface area (Å²) in [5.41, 5.74) is 3.99. The standard InChI is InChI=1S/C20H23N5O.2ClH/c26-20(23-12-18-14-25-8-7-22-13-19(25)24-18)10-16-3-1-15(2-4-16)9-17-5-6-21-11-17;;/h1-4,7-8,13-14,17,21H,5-6,9-12H2,(H,23,26);2*1H. The van der Waals surface area contributed by atoms with Gasteiger partial charge in [0.15, 0.2) is 5.65 Å². The fraction of sp³-hybridized carbons (Fsp3) is 0.350. The van der Waals surface area contributed by atoms with Gasteiger partial charge in [0.1, 0.15) is 0 Å². The molecular formula is C20H25Cl2N5O. The average Bonchev–Trinajstić information content (AvgIpc) is 3.30. The molecule has 2 aromatic heterocycles. The van der Waals surface area contributed by atoms with Crippen molar-refractivity contribution in [2.45, 2.75) is 25.8 Å². The smallest absolute Gasteiger partial charge is 0.224 e. The van der Waals surface area contributed by atoms with E-state index in [4.69, 9.17) is 0 Å². The number of carbonyl (C=O) groups is 1. The molecule has 0 aliphatic carbocycles. The monoisotopic (exact) mass is 421 g/mol. The number of hydrogen-bond acceptors (Lipinski definition) is 4. The Hall–Kier alpha value is -2.15. The largest absolute Gasteiger partial charge is 0.350 e. The molecule has 1 atom stereocenters. The Morgan fingerprint density at radius 2 is 2.00 bits per heavy atom. The molecule has 1 aromatic carbocycles. The van der Waals surface area contributed by atoms with Crippen LogP contribution in [0.1, 0.15) is 23.2 Å². The number of halogens is 2. The summed E-state index contributed by atoms with van der Waals surface area (Å²) >= 11 is 0. The van der Waals surface area contributed by atoms with Gasteiger partial charge in [-0.2, -0.15) is 0 Å². The quantitative estimate of drug-likeness (QED) is 0.641. The molecule has 1 aliphatic rings. The topological polar surface area (TPSA) is 71.3 Å². The van der Waals surface area contributed by atoms with E-state index in [0.717, 1.165) is 42.3 Å². The van der Waals surface area contributed by atoms with E-state index in [0.29, 0.717) is 13.0 Å². The van der Waals surface area contributed by atoms with Crippen LogP contribution >= 0.6 is 24.8 Å². The van der Waals surface area contributed by atoms with Gasteiger partial charge >= 0.3 is 0 Å². The molecule has 0 saturated carbocycles. The van der Waals surface area contributed by atoms with Gasteiger partial charge in [0.25, 0.3) is 0 Å². The molecular weight excluding hydrogens is 397 g/mol. The number of fused-ring (bicyclic) bond motifs is 1. The number of benzene rings is 1. The lowest BCUT2D eigenvalue weighted by Gasteiger charge is -2.09. The third-order valence-corrected chi connectivity index (χ3v) is 4.86. The minimum atomic E-state index is 0. The highest BCUT2D eigenvalue weighted by atomic mass is 35.5. The lowest BCUT2D eigenvalue weighted by molar-refractivity contribution is -0.120. The molecule has 1 aliphatic heterocycles. The summed E-state index contributed by atoms with van der Waals surface area (Å²) in [6.07, 6.45) is 9.92. The van der Waals surface area contributed by atoms with Crippen LogP contribution in [0.2, 0.25) is 0 Å². The minimum Gasteiger partial charge on any atom is -0.350 e. The van der Waals surface area contributed by atoms with Gasteiger partial charge in [0.2, 0.25) is 5.91 Å². The second kappa shape index (κ2) is 10.4.